The normalized spacial score (nSPS) is 21.9. The number of aromatic nitrogens is 1. The summed E-state index contributed by atoms with van der Waals surface area (Å²) in [4.78, 5) is 14.7. The van der Waals surface area contributed by atoms with Gasteiger partial charge in [0.2, 0.25) is 0 Å². The molecule has 1 fully saturated rings. The Kier molecular flexibility index (Phi) is 2.86. The third kappa shape index (κ3) is 1.97. The average Bonchev–Trinajstić information content (AvgIpc) is 2.30. The molecule has 0 radical (unpaired) electrons. The average molecular weight is 192 g/mol. The number of hydrogen-bond donors (Lipinski definition) is 1. The quantitative estimate of drug-likeness (QED) is 0.695. The van der Waals surface area contributed by atoms with Crippen LogP contribution in [0, 0.1) is 0 Å². The molecule has 0 bridgehead atoms. The second kappa shape index (κ2) is 4.30. The zero-order chi connectivity index (χ0) is 9.80. The fourth-order valence-corrected chi connectivity index (χ4v) is 1.48. The first-order valence-corrected chi connectivity index (χ1v) is 4.63. The van der Waals surface area contributed by atoms with E-state index in [1.165, 1.54) is 0 Å². The lowest BCUT2D eigenvalue weighted by Crippen LogP contribution is -2.35. The van der Waals surface area contributed by atoms with Gasteiger partial charge in [0.25, 0.3) is 0 Å². The third-order valence-electron chi connectivity index (χ3n) is 2.19. The van der Waals surface area contributed by atoms with Crippen LogP contribution in [0.2, 0.25) is 0 Å². The van der Waals surface area contributed by atoms with Gasteiger partial charge in [-0.2, -0.15) is 0 Å². The van der Waals surface area contributed by atoms with Crippen LogP contribution in [0.4, 0.5) is 0 Å². The van der Waals surface area contributed by atoms with Gasteiger partial charge in [-0.3, -0.25) is 4.79 Å². The van der Waals surface area contributed by atoms with Gasteiger partial charge in [0.05, 0.1) is 24.9 Å². The summed E-state index contributed by atoms with van der Waals surface area (Å²) in [5.74, 6) is 0. The van der Waals surface area contributed by atoms with Crippen LogP contribution in [0.3, 0.4) is 0 Å². The lowest BCUT2D eigenvalue weighted by Gasteiger charge is -2.23. The number of carbonyl (C=O) groups is 1. The maximum atomic E-state index is 10.5. The zero-order valence-corrected chi connectivity index (χ0v) is 7.77. The Morgan fingerprint density at radius 2 is 2.50 bits per heavy atom. The first-order chi connectivity index (χ1) is 6.90. The lowest BCUT2D eigenvalue weighted by atomic mass is 10.1. The van der Waals surface area contributed by atoms with Gasteiger partial charge in [-0.15, -0.1) is 0 Å². The molecular formula is C10H12N2O2. The first kappa shape index (κ1) is 9.30. The molecule has 74 valence electrons. The molecule has 0 saturated carbocycles. The molecule has 0 spiro atoms. The summed E-state index contributed by atoms with van der Waals surface area (Å²) in [6, 6.07) is 5.55. The number of nitrogens with one attached hydrogen (secondary N) is 1. The highest BCUT2D eigenvalue weighted by molar-refractivity contribution is 5.71. The molecular weight excluding hydrogens is 180 g/mol. The van der Waals surface area contributed by atoms with Crippen molar-refractivity contribution in [3.8, 4) is 0 Å². The Bertz CT molecular complexity index is 322. The Hall–Kier alpha value is -1.26. The molecule has 4 heteroatoms. The van der Waals surface area contributed by atoms with Gasteiger partial charge in [-0.05, 0) is 12.1 Å². The van der Waals surface area contributed by atoms with Crippen molar-refractivity contribution in [2.45, 2.75) is 6.04 Å². The SMILES string of the molecule is O=Cc1cccc([C@@H]2COCCN2)n1. The van der Waals surface area contributed by atoms with E-state index in [9.17, 15) is 4.79 Å². The molecule has 0 amide bonds. The van der Waals surface area contributed by atoms with Crippen LogP contribution in [-0.4, -0.2) is 31.0 Å². The number of nitrogens with zero attached hydrogens (tertiary/aromatic N) is 1. The molecule has 14 heavy (non-hydrogen) atoms. The Morgan fingerprint density at radius 3 is 3.21 bits per heavy atom. The van der Waals surface area contributed by atoms with Crippen molar-refractivity contribution >= 4 is 6.29 Å². The largest absolute Gasteiger partial charge is 0.378 e. The van der Waals surface area contributed by atoms with Crippen LogP contribution < -0.4 is 5.32 Å². The highest BCUT2D eigenvalue weighted by Gasteiger charge is 2.16. The maximum Gasteiger partial charge on any atom is 0.168 e. The van der Waals surface area contributed by atoms with Crippen LogP contribution in [0.1, 0.15) is 22.2 Å². The van der Waals surface area contributed by atoms with E-state index >= 15 is 0 Å². The summed E-state index contributed by atoms with van der Waals surface area (Å²) in [5, 5.41) is 3.28. The van der Waals surface area contributed by atoms with Crippen molar-refractivity contribution in [3.63, 3.8) is 0 Å². The number of aldehydes is 1. The second-order valence-corrected chi connectivity index (χ2v) is 3.19. The Balaban J connectivity index is 2.17. The number of ether oxygens (including phenoxy) is 1. The van der Waals surface area contributed by atoms with Gasteiger partial charge in [0, 0.05) is 6.54 Å². The van der Waals surface area contributed by atoms with Crippen LogP contribution in [0.5, 0.6) is 0 Å². The Morgan fingerprint density at radius 1 is 1.57 bits per heavy atom. The van der Waals surface area contributed by atoms with E-state index in [4.69, 9.17) is 4.74 Å². The van der Waals surface area contributed by atoms with Gasteiger partial charge in [-0.1, -0.05) is 6.07 Å². The van der Waals surface area contributed by atoms with Crippen LogP contribution >= 0.6 is 0 Å². The van der Waals surface area contributed by atoms with Crippen molar-refractivity contribution in [1.82, 2.24) is 10.3 Å². The van der Waals surface area contributed by atoms with E-state index in [0.717, 1.165) is 25.1 Å². The number of carbonyl (C=O) groups excluding carboxylic acids is 1. The minimum atomic E-state index is 0.114. The topological polar surface area (TPSA) is 51.2 Å². The van der Waals surface area contributed by atoms with Gasteiger partial charge >= 0.3 is 0 Å². The van der Waals surface area contributed by atoms with E-state index in [-0.39, 0.29) is 6.04 Å². The maximum absolute atomic E-state index is 10.5. The molecule has 2 heterocycles. The molecule has 1 aliphatic rings. The molecule has 1 saturated heterocycles. The summed E-state index contributed by atoms with van der Waals surface area (Å²) in [5.41, 5.74) is 1.34. The minimum Gasteiger partial charge on any atom is -0.378 e. The molecule has 1 aliphatic heterocycles. The molecule has 0 aromatic carbocycles. The molecule has 4 nitrogen and oxygen atoms in total. The summed E-state index contributed by atoms with van der Waals surface area (Å²) in [7, 11) is 0. The molecule has 1 aromatic rings. The highest BCUT2D eigenvalue weighted by atomic mass is 16.5. The van der Waals surface area contributed by atoms with Crippen molar-refractivity contribution in [2.75, 3.05) is 19.8 Å². The van der Waals surface area contributed by atoms with Crippen molar-refractivity contribution in [1.29, 1.82) is 0 Å². The summed E-state index contributed by atoms with van der Waals surface area (Å²) in [6.07, 6.45) is 0.757. The molecule has 1 atom stereocenters. The van der Waals surface area contributed by atoms with Gasteiger partial charge < -0.3 is 10.1 Å². The molecule has 1 N–H and O–H groups in total. The number of pyridine rings is 1. The summed E-state index contributed by atoms with van der Waals surface area (Å²) < 4.78 is 5.32. The second-order valence-electron chi connectivity index (χ2n) is 3.19. The van der Waals surface area contributed by atoms with Crippen molar-refractivity contribution in [2.24, 2.45) is 0 Å². The Labute approximate surface area is 82.3 Å². The van der Waals surface area contributed by atoms with E-state index in [1.54, 1.807) is 6.07 Å². The van der Waals surface area contributed by atoms with Crippen LogP contribution in [-0.2, 0) is 4.74 Å². The predicted octanol–water partition coefficient (Wildman–Crippen LogP) is 0.555. The highest BCUT2D eigenvalue weighted by Crippen LogP contribution is 2.12. The third-order valence-corrected chi connectivity index (χ3v) is 2.19. The van der Waals surface area contributed by atoms with E-state index in [1.807, 2.05) is 12.1 Å². The molecule has 1 aromatic heterocycles. The summed E-state index contributed by atoms with van der Waals surface area (Å²) >= 11 is 0. The van der Waals surface area contributed by atoms with Crippen LogP contribution in [0.25, 0.3) is 0 Å². The molecule has 0 aliphatic carbocycles. The number of hydrogen-bond acceptors (Lipinski definition) is 4. The summed E-state index contributed by atoms with van der Waals surface area (Å²) in [6.45, 7) is 2.19. The smallest absolute Gasteiger partial charge is 0.168 e. The van der Waals surface area contributed by atoms with Crippen molar-refractivity contribution < 1.29 is 9.53 Å². The molecule has 2 rings (SSSR count). The number of morpholine rings is 1. The van der Waals surface area contributed by atoms with Crippen molar-refractivity contribution in [3.05, 3.63) is 29.6 Å². The van der Waals surface area contributed by atoms with Crippen LogP contribution in [0.15, 0.2) is 18.2 Å². The van der Waals surface area contributed by atoms with E-state index in [0.29, 0.717) is 12.3 Å². The van der Waals surface area contributed by atoms with Gasteiger partial charge in [0.1, 0.15) is 5.69 Å². The fourth-order valence-electron chi connectivity index (χ4n) is 1.48. The fraction of sp³-hybridized carbons (Fsp3) is 0.400. The standard InChI is InChI=1S/C10H12N2O2/c13-6-8-2-1-3-9(12-8)10-7-14-5-4-11-10/h1-3,6,10-11H,4-5,7H2/t10-/m0/s1. The minimum absolute atomic E-state index is 0.114. The van der Waals surface area contributed by atoms with E-state index < -0.39 is 0 Å². The monoisotopic (exact) mass is 192 g/mol. The van der Waals surface area contributed by atoms with E-state index in [2.05, 4.69) is 10.3 Å². The lowest BCUT2D eigenvalue weighted by molar-refractivity contribution is 0.0755. The van der Waals surface area contributed by atoms with Gasteiger partial charge in [-0.25, -0.2) is 4.98 Å². The molecule has 0 unspecified atom stereocenters. The zero-order valence-electron chi connectivity index (χ0n) is 7.77. The predicted molar refractivity (Wildman–Crippen MR) is 51.2 cm³/mol. The first-order valence-electron chi connectivity index (χ1n) is 4.63. The van der Waals surface area contributed by atoms with Gasteiger partial charge in [0.15, 0.2) is 6.29 Å². The number of rotatable bonds is 2.